The van der Waals surface area contributed by atoms with Crippen molar-refractivity contribution in [2.24, 2.45) is 5.10 Å². The zero-order valence-corrected chi connectivity index (χ0v) is 12.9. The monoisotopic (exact) mass is 309 g/mol. The molecule has 21 heavy (non-hydrogen) atoms. The number of hydrogen-bond donors (Lipinski definition) is 0. The van der Waals surface area contributed by atoms with Crippen LogP contribution in [0.5, 0.6) is 0 Å². The highest BCUT2D eigenvalue weighted by Crippen LogP contribution is 2.19. The fraction of sp³-hybridized carbons (Fsp3) is 0.467. The second kappa shape index (κ2) is 6.91. The summed E-state index contributed by atoms with van der Waals surface area (Å²) < 4.78 is 5.47. The Labute approximate surface area is 131 Å². The smallest absolute Gasteiger partial charge is 0.280 e. The summed E-state index contributed by atoms with van der Waals surface area (Å²) in [6.45, 7) is 2.09. The summed E-state index contributed by atoms with van der Waals surface area (Å²) in [5.74, 6) is 0.503. The fourth-order valence-corrected chi connectivity index (χ4v) is 2.63. The van der Waals surface area contributed by atoms with Gasteiger partial charge in [0.15, 0.2) is 6.61 Å². The third-order valence-electron chi connectivity index (χ3n) is 3.84. The quantitative estimate of drug-likeness (QED) is 0.835. The molecule has 1 aromatic rings. The Morgan fingerprint density at radius 2 is 1.86 bits per heavy atom. The molecule has 2 aliphatic heterocycles. The first-order valence-corrected chi connectivity index (χ1v) is 7.01. The summed E-state index contributed by atoms with van der Waals surface area (Å²) in [7, 11) is 2.11. The van der Waals surface area contributed by atoms with Gasteiger partial charge in [-0.25, -0.2) is 5.01 Å². The van der Waals surface area contributed by atoms with Gasteiger partial charge in [0.05, 0.1) is 6.04 Å². The van der Waals surface area contributed by atoms with Crippen LogP contribution < -0.4 is 0 Å². The van der Waals surface area contributed by atoms with Crippen LogP contribution in [0.15, 0.2) is 35.4 Å². The molecule has 0 unspecified atom stereocenters. The molecule has 0 atom stereocenters. The predicted octanol–water partition coefficient (Wildman–Crippen LogP) is 1.72. The molecule has 0 spiro atoms. The number of hydrogen-bond acceptors (Lipinski definition) is 4. The maximum absolute atomic E-state index is 12.0. The Balaban J connectivity index is 0.00000161. The van der Waals surface area contributed by atoms with Crippen molar-refractivity contribution in [3.05, 3.63) is 35.9 Å². The minimum absolute atomic E-state index is 0. The molecule has 0 N–H and O–H groups in total. The van der Waals surface area contributed by atoms with Gasteiger partial charge in [0, 0.05) is 5.56 Å². The molecular formula is C15H20ClN3O2. The largest absolute Gasteiger partial charge is 0.466 e. The number of amides is 1. The normalized spacial score (nSPS) is 20.5. The van der Waals surface area contributed by atoms with Crippen LogP contribution in [0.3, 0.4) is 0 Å². The SMILES string of the molecule is CN1CCC(N2N=C(c3ccccc3)OCC2=O)CC1.Cl. The van der Waals surface area contributed by atoms with Crippen LogP contribution in [-0.2, 0) is 9.53 Å². The summed E-state index contributed by atoms with van der Waals surface area (Å²) in [4.78, 5) is 14.3. The van der Waals surface area contributed by atoms with Gasteiger partial charge in [0.1, 0.15) is 0 Å². The standard InChI is InChI=1S/C15H19N3O2.ClH/c1-17-9-7-13(8-10-17)18-14(19)11-20-15(16-18)12-5-3-2-4-6-12;/h2-6,13H,7-11H2,1H3;1H. The lowest BCUT2D eigenvalue weighted by atomic mass is 10.0. The maximum atomic E-state index is 12.0. The molecule has 5 nitrogen and oxygen atoms in total. The number of rotatable bonds is 2. The van der Waals surface area contributed by atoms with E-state index >= 15 is 0 Å². The molecule has 2 heterocycles. The molecule has 0 bridgehead atoms. The van der Waals surface area contributed by atoms with E-state index in [-0.39, 0.29) is 31.0 Å². The van der Waals surface area contributed by atoms with E-state index in [0.717, 1.165) is 31.5 Å². The molecular weight excluding hydrogens is 290 g/mol. The van der Waals surface area contributed by atoms with Crippen LogP contribution in [0.4, 0.5) is 0 Å². The molecule has 6 heteroatoms. The Hall–Kier alpha value is -1.59. The van der Waals surface area contributed by atoms with Gasteiger partial charge >= 0.3 is 0 Å². The fourth-order valence-electron chi connectivity index (χ4n) is 2.63. The molecule has 0 saturated carbocycles. The van der Waals surface area contributed by atoms with Crippen molar-refractivity contribution in [1.29, 1.82) is 0 Å². The lowest BCUT2D eigenvalue weighted by Crippen LogP contribution is -2.47. The van der Waals surface area contributed by atoms with E-state index in [4.69, 9.17) is 4.74 Å². The van der Waals surface area contributed by atoms with E-state index in [1.165, 1.54) is 0 Å². The molecule has 1 fully saturated rings. The third kappa shape index (κ3) is 3.54. The molecule has 1 amide bonds. The van der Waals surface area contributed by atoms with Gasteiger partial charge in [-0.2, -0.15) is 0 Å². The van der Waals surface area contributed by atoms with Crippen molar-refractivity contribution in [1.82, 2.24) is 9.91 Å². The van der Waals surface area contributed by atoms with Crippen molar-refractivity contribution in [3.8, 4) is 0 Å². The minimum atomic E-state index is -0.0424. The second-order valence-electron chi connectivity index (χ2n) is 5.33. The highest BCUT2D eigenvalue weighted by atomic mass is 35.5. The van der Waals surface area contributed by atoms with Crippen LogP contribution in [0.25, 0.3) is 0 Å². The maximum Gasteiger partial charge on any atom is 0.280 e. The van der Waals surface area contributed by atoms with E-state index in [1.807, 2.05) is 30.3 Å². The summed E-state index contributed by atoms with van der Waals surface area (Å²) in [6, 6.07) is 9.92. The van der Waals surface area contributed by atoms with Crippen LogP contribution in [0.1, 0.15) is 18.4 Å². The number of benzene rings is 1. The molecule has 0 aromatic heterocycles. The molecule has 2 aliphatic rings. The summed E-state index contributed by atoms with van der Waals surface area (Å²) in [6.07, 6.45) is 1.93. The van der Waals surface area contributed by atoms with E-state index < -0.39 is 0 Å². The summed E-state index contributed by atoms with van der Waals surface area (Å²) >= 11 is 0. The number of halogens is 1. The summed E-state index contributed by atoms with van der Waals surface area (Å²) in [5.41, 5.74) is 0.915. The molecule has 1 aromatic carbocycles. The second-order valence-corrected chi connectivity index (χ2v) is 5.33. The van der Waals surface area contributed by atoms with E-state index in [2.05, 4.69) is 17.0 Å². The van der Waals surface area contributed by atoms with Gasteiger partial charge in [-0.3, -0.25) is 4.79 Å². The van der Waals surface area contributed by atoms with Crippen LogP contribution in [0.2, 0.25) is 0 Å². The average Bonchev–Trinajstić information content (AvgIpc) is 2.50. The number of ether oxygens (including phenoxy) is 1. The van der Waals surface area contributed by atoms with Crippen LogP contribution in [-0.4, -0.2) is 54.5 Å². The van der Waals surface area contributed by atoms with Gasteiger partial charge in [-0.15, -0.1) is 17.5 Å². The van der Waals surface area contributed by atoms with Crippen LogP contribution in [0, 0.1) is 0 Å². The third-order valence-corrected chi connectivity index (χ3v) is 3.84. The number of carbonyl (C=O) groups is 1. The van der Waals surface area contributed by atoms with E-state index in [1.54, 1.807) is 5.01 Å². The minimum Gasteiger partial charge on any atom is -0.466 e. The van der Waals surface area contributed by atoms with E-state index in [9.17, 15) is 4.79 Å². The summed E-state index contributed by atoms with van der Waals surface area (Å²) in [5, 5.41) is 6.08. The molecule has 114 valence electrons. The topological polar surface area (TPSA) is 45.1 Å². The highest BCUT2D eigenvalue weighted by molar-refractivity contribution is 5.98. The first-order valence-electron chi connectivity index (χ1n) is 7.01. The molecule has 0 aliphatic carbocycles. The zero-order chi connectivity index (χ0) is 13.9. The van der Waals surface area contributed by atoms with Crippen molar-refractivity contribution in [2.45, 2.75) is 18.9 Å². The predicted molar refractivity (Wildman–Crippen MR) is 83.5 cm³/mol. The molecule has 3 rings (SSSR count). The number of nitrogens with zero attached hydrogens (tertiary/aromatic N) is 3. The van der Waals surface area contributed by atoms with Crippen molar-refractivity contribution >= 4 is 24.2 Å². The Bertz CT molecular complexity index is 513. The van der Waals surface area contributed by atoms with E-state index in [0.29, 0.717) is 5.90 Å². The lowest BCUT2D eigenvalue weighted by Gasteiger charge is -2.36. The van der Waals surface area contributed by atoms with Crippen molar-refractivity contribution < 1.29 is 9.53 Å². The van der Waals surface area contributed by atoms with Crippen molar-refractivity contribution in [2.75, 3.05) is 26.7 Å². The lowest BCUT2D eigenvalue weighted by molar-refractivity contribution is -0.139. The van der Waals surface area contributed by atoms with Gasteiger partial charge in [0.25, 0.3) is 5.91 Å². The first kappa shape index (κ1) is 15.8. The Morgan fingerprint density at radius 3 is 2.52 bits per heavy atom. The zero-order valence-electron chi connectivity index (χ0n) is 12.1. The molecule has 1 saturated heterocycles. The van der Waals surface area contributed by atoms with Gasteiger partial charge in [-0.05, 0) is 45.1 Å². The van der Waals surface area contributed by atoms with Gasteiger partial charge in [-0.1, -0.05) is 18.2 Å². The number of carbonyl (C=O) groups excluding carboxylic acids is 1. The average molecular weight is 310 g/mol. The number of likely N-dealkylation sites (tertiary alicyclic amines) is 1. The first-order chi connectivity index (χ1) is 9.74. The van der Waals surface area contributed by atoms with Crippen molar-refractivity contribution in [3.63, 3.8) is 0 Å². The molecule has 0 radical (unpaired) electrons. The number of piperidine rings is 1. The van der Waals surface area contributed by atoms with Gasteiger partial charge in [0.2, 0.25) is 5.90 Å². The number of hydrazone groups is 1. The Morgan fingerprint density at radius 1 is 1.19 bits per heavy atom. The highest BCUT2D eigenvalue weighted by Gasteiger charge is 2.31. The Kier molecular flexibility index (Phi) is 5.20. The van der Waals surface area contributed by atoms with Gasteiger partial charge < -0.3 is 9.64 Å². The van der Waals surface area contributed by atoms with Crippen LogP contribution >= 0.6 is 12.4 Å².